The highest BCUT2D eigenvalue weighted by atomic mass is 16.5. The van der Waals surface area contributed by atoms with Gasteiger partial charge < -0.3 is 14.2 Å². The second-order valence-corrected chi connectivity index (χ2v) is 7.99. The van der Waals surface area contributed by atoms with Gasteiger partial charge in [-0.1, -0.05) is 12.1 Å². The third-order valence-corrected chi connectivity index (χ3v) is 6.21. The Bertz CT molecular complexity index is 761. The first-order valence-electron chi connectivity index (χ1n) is 10.4. The molecule has 0 spiro atoms. The van der Waals surface area contributed by atoms with Crippen molar-refractivity contribution in [2.75, 3.05) is 73.1 Å². The van der Waals surface area contributed by atoms with Crippen molar-refractivity contribution < 1.29 is 23.8 Å². The number of ether oxygens (including phenoxy) is 3. The van der Waals surface area contributed by atoms with E-state index in [2.05, 4.69) is 9.80 Å². The molecule has 4 rings (SSSR count). The number of nitrogens with zero attached hydrogens (tertiary/aromatic N) is 4. The molecule has 0 unspecified atom stereocenters. The second-order valence-electron chi connectivity index (χ2n) is 7.99. The minimum Gasteiger partial charge on any atom is -0.497 e. The number of urea groups is 1. The predicted octanol–water partition coefficient (Wildman–Crippen LogP) is 0.754. The van der Waals surface area contributed by atoms with Gasteiger partial charge in [-0.2, -0.15) is 0 Å². The van der Waals surface area contributed by atoms with Crippen molar-refractivity contribution in [2.45, 2.75) is 12.5 Å². The van der Waals surface area contributed by atoms with Gasteiger partial charge >= 0.3 is 6.03 Å². The monoisotopic (exact) mass is 418 g/mol. The van der Waals surface area contributed by atoms with Crippen LogP contribution in [0, 0.1) is 0 Å². The van der Waals surface area contributed by atoms with E-state index < -0.39 is 5.54 Å². The molecule has 3 aliphatic rings. The summed E-state index contributed by atoms with van der Waals surface area (Å²) in [5.41, 5.74) is -0.298. The number of amides is 3. The summed E-state index contributed by atoms with van der Waals surface area (Å²) in [7, 11) is 1.61. The first-order chi connectivity index (χ1) is 14.5. The smallest absolute Gasteiger partial charge is 0.330 e. The Morgan fingerprint density at radius 1 is 0.900 bits per heavy atom. The van der Waals surface area contributed by atoms with E-state index in [0.29, 0.717) is 51.9 Å². The van der Waals surface area contributed by atoms with E-state index >= 15 is 0 Å². The Morgan fingerprint density at radius 3 is 1.97 bits per heavy atom. The molecule has 0 radical (unpaired) electrons. The molecule has 1 atom stereocenters. The van der Waals surface area contributed by atoms with Gasteiger partial charge in [0, 0.05) is 26.2 Å². The zero-order valence-corrected chi connectivity index (χ0v) is 17.7. The normalized spacial score (nSPS) is 26.5. The highest BCUT2D eigenvalue weighted by Gasteiger charge is 2.55. The number of carbonyl (C=O) groups is 2. The molecule has 0 N–H and O–H groups in total. The van der Waals surface area contributed by atoms with Crippen molar-refractivity contribution in [3.63, 3.8) is 0 Å². The fraction of sp³-hybridized carbons (Fsp3) is 0.619. The molecule has 9 heteroatoms. The van der Waals surface area contributed by atoms with Crippen molar-refractivity contribution in [3.8, 4) is 5.75 Å². The maximum Gasteiger partial charge on any atom is 0.330 e. The van der Waals surface area contributed by atoms with Gasteiger partial charge in [-0.15, -0.1) is 0 Å². The van der Waals surface area contributed by atoms with E-state index in [9.17, 15) is 9.59 Å². The quantitative estimate of drug-likeness (QED) is 0.631. The number of imide groups is 1. The Kier molecular flexibility index (Phi) is 6.24. The van der Waals surface area contributed by atoms with Crippen LogP contribution in [0.15, 0.2) is 24.3 Å². The van der Waals surface area contributed by atoms with Gasteiger partial charge in [-0.25, -0.2) is 9.69 Å². The fourth-order valence-electron chi connectivity index (χ4n) is 4.21. The molecule has 30 heavy (non-hydrogen) atoms. The lowest BCUT2D eigenvalue weighted by Crippen LogP contribution is -2.51. The van der Waals surface area contributed by atoms with E-state index in [0.717, 1.165) is 18.7 Å². The molecule has 1 aromatic rings. The number of methoxy groups -OCH3 is 1. The zero-order valence-electron chi connectivity index (χ0n) is 17.7. The minimum atomic E-state index is -1.08. The van der Waals surface area contributed by atoms with Crippen molar-refractivity contribution in [2.24, 2.45) is 0 Å². The molecule has 9 nitrogen and oxygen atoms in total. The van der Waals surface area contributed by atoms with Crippen LogP contribution in [0.4, 0.5) is 4.79 Å². The standard InChI is InChI=1S/C21H30N4O5/c1-21(17-3-5-18(28-2)6-4-17)19(26)24(15-22-7-11-29-12-8-22)20(27)25(21)16-23-9-13-30-14-10-23/h3-6H,7-16H2,1-2H3/t21-/m1/s1. The number of carbonyl (C=O) groups excluding carboxylic acids is 2. The first-order valence-corrected chi connectivity index (χ1v) is 10.4. The summed E-state index contributed by atoms with van der Waals surface area (Å²) in [6, 6.07) is 7.14. The minimum absolute atomic E-state index is 0.197. The highest BCUT2D eigenvalue weighted by Crippen LogP contribution is 2.38. The first kappa shape index (κ1) is 21.0. The average molecular weight is 418 g/mol. The van der Waals surface area contributed by atoms with Crippen LogP contribution in [0.5, 0.6) is 5.75 Å². The molecule has 0 aliphatic carbocycles. The van der Waals surface area contributed by atoms with E-state index in [1.165, 1.54) is 4.90 Å². The molecular weight excluding hydrogens is 388 g/mol. The van der Waals surface area contributed by atoms with E-state index in [1.54, 1.807) is 12.0 Å². The van der Waals surface area contributed by atoms with Crippen LogP contribution in [0.2, 0.25) is 0 Å². The molecule has 0 saturated carbocycles. The van der Waals surface area contributed by atoms with Gasteiger partial charge in [0.2, 0.25) is 0 Å². The lowest BCUT2D eigenvalue weighted by Gasteiger charge is -2.37. The molecule has 3 fully saturated rings. The predicted molar refractivity (Wildman–Crippen MR) is 109 cm³/mol. The summed E-state index contributed by atoms with van der Waals surface area (Å²) in [6.45, 7) is 7.89. The highest BCUT2D eigenvalue weighted by molar-refractivity contribution is 6.07. The third kappa shape index (κ3) is 3.90. The number of morpholine rings is 2. The largest absolute Gasteiger partial charge is 0.497 e. The van der Waals surface area contributed by atoms with Gasteiger partial charge in [-0.05, 0) is 24.6 Å². The summed E-state index contributed by atoms with van der Waals surface area (Å²) in [5, 5.41) is 0. The summed E-state index contributed by atoms with van der Waals surface area (Å²) in [6.07, 6.45) is 0. The van der Waals surface area contributed by atoms with E-state index in [1.807, 2.05) is 31.2 Å². The number of hydrogen-bond acceptors (Lipinski definition) is 7. The van der Waals surface area contributed by atoms with Crippen molar-refractivity contribution >= 4 is 11.9 Å². The molecule has 164 valence electrons. The maximum absolute atomic E-state index is 13.6. The number of hydrogen-bond donors (Lipinski definition) is 0. The van der Waals surface area contributed by atoms with Crippen LogP contribution < -0.4 is 4.74 Å². The van der Waals surface area contributed by atoms with Crippen LogP contribution in [0.3, 0.4) is 0 Å². The van der Waals surface area contributed by atoms with E-state index in [4.69, 9.17) is 14.2 Å². The van der Waals surface area contributed by atoms with Gasteiger partial charge in [0.25, 0.3) is 5.91 Å². The molecule has 3 heterocycles. The van der Waals surface area contributed by atoms with Crippen LogP contribution >= 0.6 is 0 Å². The molecular formula is C21H30N4O5. The van der Waals surface area contributed by atoms with Crippen LogP contribution in [-0.4, -0.2) is 105 Å². The van der Waals surface area contributed by atoms with Crippen molar-refractivity contribution in [3.05, 3.63) is 29.8 Å². The molecule has 3 aliphatic heterocycles. The lowest BCUT2D eigenvalue weighted by atomic mass is 9.90. The second kappa shape index (κ2) is 8.89. The van der Waals surface area contributed by atoms with Crippen molar-refractivity contribution in [1.82, 2.24) is 19.6 Å². The SMILES string of the molecule is COc1ccc([C@]2(C)C(=O)N(CN3CCOCC3)C(=O)N2CN2CCOCC2)cc1. The summed E-state index contributed by atoms with van der Waals surface area (Å²) < 4.78 is 16.1. The summed E-state index contributed by atoms with van der Waals surface area (Å²) in [4.78, 5) is 34.4. The van der Waals surface area contributed by atoms with Crippen LogP contribution in [0.1, 0.15) is 12.5 Å². The number of benzene rings is 1. The van der Waals surface area contributed by atoms with Crippen LogP contribution in [-0.2, 0) is 19.8 Å². The molecule has 3 amide bonds. The maximum atomic E-state index is 13.6. The molecule has 1 aromatic carbocycles. The molecule has 3 saturated heterocycles. The van der Waals surface area contributed by atoms with Gasteiger partial charge in [0.1, 0.15) is 11.3 Å². The Labute approximate surface area is 177 Å². The molecule has 0 bridgehead atoms. The summed E-state index contributed by atoms with van der Waals surface area (Å²) in [5.74, 6) is 0.515. The Balaban J connectivity index is 1.63. The lowest BCUT2D eigenvalue weighted by molar-refractivity contribution is -0.135. The van der Waals surface area contributed by atoms with Crippen LogP contribution in [0.25, 0.3) is 0 Å². The zero-order chi connectivity index (χ0) is 21.1. The molecule has 0 aromatic heterocycles. The number of rotatable bonds is 6. The van der Waals surface area contributed by atoms with Crippen molar-refractivity contribution in [1.29, 1.82) is 0 Å². The average Bonchev–Trinajstić information content (AvgIpc) is 2.97. The Morgan fingerprint density at radius 2 is 1.43 bits per heavy atom. The summed E-state index contributed by atoms with van der Waals surface area (Å²) >= 11 is 0. The van der Waals surface area contributed by atoms with Gasteiger partial charge in [-0.3, -0.25) is 19.5 Å². The fourth-order valence-corrected chi connectivity index (χ4v) is 4.21. The van der Waals surface area contributed by atoms with Gasteiger partial charge in [0.05, 0.1) is 46.9 Å². The van der Waals surface area contributed by atoms with Gasteiger partial charge in [0.15, 0.2) is 0 Å². The topological polar surface area (TPSA) is 74.8 Å². The Hall–Kier alpha value is -2.20. The third-order valence-electron chi connectivity index (χ3n) is 6.21. The van der Waals surface area contributed by atoms with E-state index in [-0.39, 0.29) is 18.6 Å².